The highest BCUT2D eigenvalue weighted by Crippen LogP contribution is 2.27. The summed E-state index contributed by atoms with van der Waals surface area (Å²) in [5.41, 5.74) is 5.24. The van der Waals surface area contributed by atoms with Gasteiger partial charge in [-0.25, -0.2) is 4.98 Å². The van der Waals surface area contributed by atoms with Gasteiger partial charge >= 0.3 is 0 Å². The van der Waals surface area contributed by atoms with Gasteiger partial charge in [-0.1, -0.05) is 30.3 Å². The Hall–Kier alpha value is -4.31. The molecular formula is C30H34N8O2. The fraction of sp³-hybridized carbons (Fsp3) is 0.367. The van der Waals surface area contributed by atoms with Crippen LogP contribution in [0.25, 0.3) is 27.9 Å². The van der Waals surface area contributed by atoms with Crippen LogP contribution in [0.4, 0.5) is 5.69 Å². The molecule has 0 spiro atoms. The van der Waals surface area contributed by atoms with Gasteiger partial charge in [0.2, 0.25) is 11.8 Å². The standard InChI is InChI=1S/C30H34N8O2/c1-3-38(26-8-9-27-25(16-26)17-32-33-27)30(40)24-10-13-36(18-24)19-28(39)37-14-11-22(12-15-37)21-4-6-23(7-5-21)29-31-20-35(2)34-29/h4-9,11,16-17,20,24H,3,10,12-15,18-19H2,1-2H3,(H,32,33)/t24-/m1/s1. The second-order valence-electron chi connectivity index (χ2n) is 10.6. The monoisotopic (exact) mass is 538 g/mol. The maximum atomic E-state index is 13.4. The molecule has 0 radical (unpaired) electrons. The third-order valence-corrected chi connectivity index (χ3v) is 7.97. The molecular weight excluding hydrogens is 504 g/mol. The number of likely N-dealkylation sites (tertiary alicyclic amines) is 1. The van der Waals surface area contributed by atoms with Crippen LogP contribution >= 0.6 is 0 Å². The lowest BCUT2D eigenvalue weighted by molar-refractivity contribution is -0.132. The number of aromatic nitrogens is 5. The zero-order chi connectivity index (χ0) is 27.6. The van der Waals surface area contributed by atoms with Gasteiger partial charge in [0.15, 0.2) is 5.82 Å². The van der Waals surface area contributed by atoms with E-state index in [1.54, 1.807) is 17.2 Å². The smallest absolute Gasteiger partial charge is 0.237 e. The second-order valence-corrected chi connectivity index (χ2v) is 10.6. The first-order valence-electron chi connectivity index (χ1n) is 13.9. The molecule has 0 saturated carbocycles. The minimum atomic E-state index is -0.107. The first kappa shape index (κ1) is 25.9. The zero-order valence-electron chi connectivity index (χ0n) is 23.0. The predicted octanol–water partition coefficient (Wildman–Crippen LogP) is 3.35. The van der Waals surface area contributed by atoms with E-state index < -0.39 is 0 Å². The van der Waals surface area contributed by atoms with Crippen molar-refractivity contribution in [3.05, 3.63) is 66.6 Å². The Morgan fingerprint density at radius 1 is 1.10 bits per heavy atom. The molecule has 0 aliphatic carbocycles. The summed E-state index contributed by atoms with van der Waals surface area (Å²) in [5.74, 6) is 0.853. The highest BCUT2D eigenvalue weighted by Gasteiger charge is 2.33. The highest BCUT2D eigenvalue weighted by atomic mass is 16.2. The van der Waals surface area contributed by atoms with E-state index in [1.165, 1.54) is 11.1 Å². The molecule has 2 aromatic heterocycles. The van der Waals surface area contributed by atoms with E-state index in [4.69, 9.17) is 0 Å². The molecule has 2 aliphatic rings. The topological polar surface area (TPSA) is 103 Å². The first-order chi connectivity index (χ1) is 19.5. The number of hydrogen-bond donors (Lipinski definition) is 1. The normalized spacial score (nSPS) is 17.8. The molecule has 0 bridgehead atoms. The summed E-state index contributed by atoms with van der Waals surface area (Å²) >= 11 is 0. The van der Waals surface area contributed by atoms with Crippen molar-refractivity contribution in [2.75, 3.05) is 44.2 Å². The number of rotatable bonds is 7. The Kier molecular flexibility index (Phi) is 7.17. The maximum Gasteiger partial charge on any atom is 0.237 e. The van der Waals surface area contributed by atoms with Crippen molar-refractivity contribution in [1.82, 2.24) is 34.8 Å². The number of H-pyrrole nitrogens is 1. The molecule has 1 saturated heterocycles. The molecule has 0 unspecified atom stereocenters. The quantitative estimate of drug-likeness (QED) is 0.387. The summed E-state index contributed by atoms with van der Waals surface area (Å²) < 4.78 is 1.70. The van der Waals surface area contributed by atoms with Crippen molar-refractivity contribution in [3.8, 4) is 11.4 Å². The average molecular weight is 539 g/mol. The van der Waals surface area contributed by atoms with Crippen LogP contribution in [0.15, 0.2) is 61.1 Å². The predicted molar refractivity (Wildman–Crippen MR) is 154 cm³/mol. The Bertz CT molecular complexity index is 1550. The number of nitrogens with one attached hydrogen (secondary N) is 1. The third-order valence-electron chi connectivity index (χ3n) is 7.97. The van der Waals surface area contributed by atoms with Gasteiger partial charge in [-0.15, -0.1) is 0 Å². The van der Waals surface area contributed by atoms with Gasteiger partial charge in [-0.3, -0.25) is 24.3 Å². The fourth-order valence-corrected chi connectivity index (χ4v) is 5.72. The Morgan fingerprint density at radius 2 is 1.93 bits per heavy atom. The summed E-state index contributed by atoms with van der Waals surface area (Å²) in [6.45, 7) is 5.62. The number of benzene rings is 2. The number of hydrogen-bond acceptors (Lipinski definition) is 6. The molecule has 6 rings (SSSR count). The fourth-order valence-electron chi connectivity index (χ4n) is 5.72. The van der Waals surface area contributed by atoms with E-state index in [0.717, 1.165) is 41.5 Å². The van der Waals surface area contributed by atoms with Crippen LogP contribution in [0.3, 0.4) is 0 Å². The summed E-state index contributed by atoms with van der Waals surface area (Å²) in [5, 5.41) is 12.4. The molecule has 1 N–H and O–H groups in total. The van der Waals surface area contributed by atoms with Gasteiger partial charge in [-0.05, 0) is 55.6 Å². The zero-order valence-corrected chi connectivity index (χ0v) is 23.0. The molecule has 4 aromatic rings. The molecule has 1 atom stereocenters. The SMILES string of the molecule is CCN(C(=O)[C@@H]1CCN(CC(=O)N2CC=C(c3ccc(-c4ncn(C)n4)cc3)CC2)C1)c1ccc2[nH]ncc2c1. The van der Waals surface area contributed by atoms with Gasteiger partial charge < -0.3 is 9.80 Å². The van der Waals surface area contributed by atoms with Gasteiger partial charge in [0.05, 0.1) is 24.2 Å². The van der Waals surface area contributed by atoms with Gasteiger partial charge in [0, 0.05) is 49.9 Å². The Morgan fingerprint density at radius 3 is 2.65 bits per heavy atom. The second kappa shape index (κ2) is 11.1. The van der Waals surface area contributed by atoms with Crippen LogP contribution in [0.5, 0.6) is 0 Å². The summed E-state index contributed by atoms with van der Waals surface area (Å²) in [6.07, 6.45) is 7.21. The summed E-state index contributed by atoms with van der Waals surface area (Å²) in [6, 6.07) is 14.2. The number of amides is 2. The number of carbonyl (C=O) groups is 2. The third kappa shape index (κ3) is 5.27. The molecule has 206 valence electrons. The summed E-state index contributed by atoms with van der Waals surface area (Å²) in [4.78, 5) is 36.8. The maximum absolute atomic E-state index is 13.4. The average Bonchev–Trinajstić information content (AvgIpc) is 3.75. The minimum Gasteiger partial charge on any atom is -0.338 e. The van der Waals surface area contributed by atoms with Crippen LogP contribution < -0.4 is 4.90 Å². The van der Waals surface area contributed by atoms with Crippen LogP contribution in [-0.4, -0.2) is 85.8 Å². The van der Waals surface area contributed by atoms with Gasteiger partial charge in [0.1, 0.15) is 6.33 Å². The van der Waals surface area contributed by atoms with Crippen LogP contribution in [0.1, 0.15) is 25.3 Å². The molecule has 2 aliphatic heterocycles. The van der Waals surface area contributed by atoms with Crippen molar-refractivity contribution in [3.63, 3.8) is 0 Å². The van der Waals surface area contributed by atoms with Crippen LogP contribution in [-0.2, 0) is 16.6 Å². The Labute approximate surface area is 233 Å². The molecule has 10 nitrogen and oxygen atoms in total. The lowest BCUT2D eigenvalue weighted by Gasteiger charge is -2.29. The first-order valence-corrected chi connectivity index (χ1v) is 13.9. The number of fused-ring (bicyclic) bond motifs is 1. The number of aryl methyl sites for hydroxylation is 1. The largest absolute Gasteiger partial charge is 0.338 e. The lowest BCUT2D eigenvalue weighted by Crippen LogP contribution is -2.42. The molecule has 2 aromatic carbocycles. The molecule has 2 amide bonds. The number of anilines is 1. The van der Waals surface area contributed by atoms with Crippen molar-refractivity contribution in [2.45, 2.75) is 19.8 Å². The highest BCUT2D eigenvalue weighted by molar-refractivity contribution is 5.97. The van der Waals surface area contributed by atoms with E-state index in [-0.39, 0.29) is 17.7 Å². The Balaban J connectivity index is 1.02. The van der Waals surface area contributed by atoms with Gasteiger partial charge in [-0.2, -0.15) is 10.2 Å². The van der Waals surface area contributed by atoms with Crippen molar-refractivity contribution in [2.24, 2.45) is 13.0 Å². The van der Waals surface area contributed by atoms with Crippen LogP contribution in [0, 0.1) is 5.92 Å². The molecule has 10 heteroatoms. The van der Waals surface area contributed by atoms with Crippen molar-refractivity contribution in [1.29, 1.82) is 0 Å². The molecule has 40 heavy (non-hydrogen) atoms. The number of aromatic amines is 1. The van der Waals surface area contributed by atoms with Crippen LogP contribution in [0.2, 0.25) is 0 Å². The van der Waals surface area contributed by atoms with Crippen molar-refractivity contribution >= 4 is 34.0 Å². The van der Waals surface area contributed by atoms with E-state index >= 15 is 0 Å². The van der Waals surface area contributed by atoms with Crippen molar-refractivity contribution < 1.29 is 9.59 Å². The molecule has 1 fully saturated rings. The van der Waals surface area contributed by atoms with E-state index in [2.05, 4.69) is 43.4 Å². The van der Waals surface area contributed by atoms with Gasteiger partial charge in [0.25, 0.3) is 0 Å². The number of nitrogens with zero attached hydrogens (tertiary/aromatic N) is 7. The minimum absolute atomic E-state index is 0.107. The van der Waals surface area contributed by atoms with E-state index in [1.807, 2.05) is 54.1 Å². The lowest BCUT2D eigenvalue weighted by atomic mass is 9.98. The van der Waals surface area contributed by atoms with E-state index in [9.17, 15) is 9.59 Å². The summed E-state index contributed by atoms with van der Waals surface area (Å²) in [7, 11) is 1.86. The molecule has 4 heterocycles. The number of carbonyl (C=O) groups excluding carboxylic acids is 2. The van der Waals surface area contributed by atoms with E-state index in [0.29, 0.717) is 38.5 Å².